The minimum Gasteiger partial charge on any atom is -0.493 e. The highest BCUT2D eigenvalue weighted by atomic mass is 32.2. The summed E-state index contributed by atoms with van der Waals surface area (Å²) in [6.07, 6.45) is 3.83. The van der Waals surface area contributed by atoms with Gasteiger partial charge in [0, 0.05) is 19.3 Å². The lowest BCUT2D eigenvalue weighted by molar-refractivity contribution is -0.122. The molecule has 3 heterocycles. The summed E-state index contributed by atoms with van der Waals surface area (Å²) in [5, 5.41) is 3.13. The van der Waals surface area contributed by atoms with Gasteiger partial charge in [-0.1, -0.05) is 36.1 Å². The third kappa shape index (κ3) is 4.64. The lowest BCUT2D eigenvalue weighted by atomic mass is 10.1. The number of pyridine rings is 1. The fourth-order valence-electron chi connectivity index (χ4n) is 3.64. The predicted octanol–water partition coefficient (Wildman–Crippen LogP) is 3.59. The Hall–Kier alpha value is -3.37. The minimum atomic E-state index is -0.253. The molecule has 0 spiro atoms. The van der Waals surface area contributed by atoms with Crippen LogP contribution in [0.5, 0.6) is 11.5 Å². The maximum Gasteiger partial charge on any atom is 0.267 e. The highest BCUT2D eigenvalue weighted by molar-refractivity contribution is 8.26. The van der Waals surface area contributed by atoms with Crippen molar-refractivity contribution >= 4 is 51.7 Å². The number of rotatable bonds is 8. The van der Waals surface area contributed by atoms with E-state index in [-0.39, 0.29) is 11.5 Å². The average Bonchev–Trinajstić information content (AvgIpc) is 3.12. The van der Waals surface area contributed by atoms with E-state index in [1.165, 1.54) is 16.2 Å². The average molecular weight is 497 g/mol. The van der Waals surface area contributed by atoms with Crippen LogP contribution in [0.4, 0.5) is 5.82 Å². The number of hydrogen-bond acceptors (Lipinski definition) is 8. The first-order valence-electron chi connectivity index (χ1n) is 10.7. The van der Waals surface area contributed by atoms with E-state index in [1.807, 2.05) is 31.2 Å². The van der Waals surface area contributed by atoms with Crippen molar-refractivity contribution in [2.24, 2.45) is 0 Å². The van der Waals surface area contributed by atoms with Crippen LogP contribution < -0.4 is 20.3 Å². The summed E-state index contributed by atoms with van der Waals surface area (Å²) in [6, 6.07) is 11.0. The van der Waals surface area contributed by atoms with E-state index < -0.39 is 0 Å². The van der Waals surface area contributed by atoms with E-state index in [4.69, 9.17) is 21.7 Å². The van der Waals surface area contributed by atoms with Gasteiger partial charge in [0.05, 0.1) is 24.7 Å². The molecule has 34 heavy (non-hydrogen) atoms. The SMILES string of the molecule is CCNc1nc2ccccn2c(=O)c1/C=C1\SC(=S)N(CCc2ccc(OC)c(OC)c2)C1=O. The van der Waals surface area contributed by atoms with Gasteiger partial charge in [-0.3, -0.25) is 18.9 Å². The van der Waals surface area contributed by atoms with E-state index in [2.05, 4.69) is 10.3 Å². The molecular weight excluding hydrogens is 472 g/mol. The zero-order valence-electron chi connectivity index (χ0n) is 19.0. The molecule has 1 aliphatic heterocycles. The Balaban J connectivity index is 1.60. The monoisotopic (exact) mass is 496 g/mol. The number of benzene rings is 1. The van der Waals surface area contributed by atoms with Crippen LogP contribution >= 0.6 is 24.0 Å². The number of aromatic nitrogens is 2. The Morgan fingerprint density at radius 3 is 2.68 bits per heavy atom. The third-order valence-electron chi connectivity index (χ3n) is 5.33. The number of hydrogen-bond donors (Lipinski definition) is 1. The second-order valence-electron chi connectivity index (χ2n) is 7.41. The summed E-state index contributed by atoms with van der Waals surface area (Å²) in [6.45, 7) is 2.92. The normalized spacial score (nSPS) is 14.8. The highest BCUT2D eigenvalue weighted by Gasteiger charge is 2.32. The van der Waals surface area contributed by atoms with Gasteiger partial charge in [0.1, 0.15) is 15.8 Å². The van der Waals surface area contributed by atoms with Crippen molar-refractivity contribution in [3.05, 3.63) is 69.0 Å². The number of ether oxygens (including phenoxy) is 2. The topological polar surface area (TPSA) is 85.2 Å². The molecule has 2 aromatic heterocycles. The molecule has 0 saturated carbocycles. The van der Waals surface area contributed by atoms with Crippen molar-refractivity contribution in [2.75, 3.05) is 32.6 Å². The number of amides is 1. The minimum absolute atomic E-state index is 0.226. The van der Waals surface area contributed by atoms with Crippen LogP contribution in [-0.4, -0.2) is 51.8 Å². The molecule has 1 aliphatic rings. The summed E-state index contributed by atoms with van der Waals surface area (Å²) < 4.78 is 12.6. The van der Waals surface area contributed by atoms with Gasteiger partial charge in [0.2, 0.25) is 0 Å². The predicted molar refractivity (Wildman–Crippen MR) is 139 cm³/mol. The molecule has 1 amide bonds. The van der Waals surface area contributed by atoms with Crippen LogP contribution in [0.2, 0.25) is 0 Å². The first-order valence-corrected chi connectivity index (χ1v) is 11.9. The Morgan fingerprint density at radius 2 is 1.94 bits per heavy atom. The molecule has 1 saturated heterocycles. The molecule has 0 bridgehead atoms. The Morgan fingerprint density at radius 1 is 1.15 bits per heavy atom. The van der Waals surface area contributed by atoms with Crippen molar-refractivity contribution in [3.63, 3.8) is 0 Å². The number of methoxy groups -OCH3 is 2. The van der Waals surface area contributed by atoms with E-state index in [0.717, 1.165) is 5.56 Å². The lowest BCUT2D eigenvalue weighted by Gasteiger charge is -2.15. The lowest BCUT2D eigenvalue weighted by Crippen LogP contribution is -2.30. The van der Waals surface area contributed by atoms with E-state index >= 15 is 0 Å². The van der Waals surface area contributed by atoms with Crippen LogP contribution in [0.3, 0.4) is 0 Å². The molecule has 8 nitrogen and oxygen atoms in total. The molecular formula is C24H24N4O4S2. The summed E-state index contributed by atoms with van der Waals surface area (Å²) >= 11 is 6.66. The van der Waals surface area contributed by atoms with Gasteiger partial charge in [0.15, 0.2) is 11.5 Å². The molecule has 0 aliphatic carbocycles. The molecule has 0 unspecified atom stereocenters. The van der Waals surface area contributed by atoms with Crippen molar-refractivity contribution in [1.82, 2.24) is 14.3 Å². The van der Waals surface area contributed by atoms with Crippen LogP contribution in [0, 0.1) is 0 Å². The fraction of sp³-hybridized carbons (Fsp3) is 0.250. The molecule has 1 aromatic carbocycles. The molecule has 0 atom stereocenters. The van der Waals surface area contributed by atoms with Gasteiger partial charge < -0.3 is 14.8 Å². The quantitative estimate of drug-likeness (QED) is 0.374. The maximum absolute atomic E-state index is 13.2. The molecule has 3 aromatic rings. The van der Waals surface area contributed by atoms with E-state index in [9.17, 15) is 9.59 Å². The fourth-order valence-corrected chi connectivity index (χ4v) is 4.93. The summed E-state index contributed by atoms with van der Waals surface area (Å²) in [4.78, 5) is 32.8. The summed E-state index contributed by atoms with van der Waals surface area (Å²) in [7, 11) is 3.17. The maximum atomic E-state index is 13.2. The Kier molecular flexibility index (Phi) is 7.18. The van der Waals surface area contributed by atoms with Crippen molar-refractivity contribution in [3.8, 4) is 11.5 Å². The molecule has 4 rings (SSSR count). The van der Waals surface area contributed by atoms with Gasteiger partial charge in [-0.25, -0.2) is 4.98 Å². The summed E-state index contributed by atoms with van der Waals surface area (Å²) in [5.41, 5.74) is 1.59. The Labute approximate surface area is 206 Å². The van der Waals surface area contributed by atoms with Crippen LogP contribution in [-0.2, 0) is 11.2 Å². The number of nitrogens with one attached hydrogen (secondary N) is 1. The smallest absolute Gasteiger partial charge is 0.267 e. The first kappa shape index (κ1) is 23.8. The second kappa shape index (κ2) is 10.3. The summed E-state index contributed by atoms with van der Waals surface area (Å²) in [5.74, 6) is 1.49. The second-order valence-corrected chi connectivity index (χ2v) is 9.09. The van der Waals surface area contributed by atoms with Crippen LogP contribution in [0.25, 0.3) is 11.7 Å². The van der Waals surface area contributed by atoms with Gasteiger partial charge in [-0.2, -0.15) is 0 Å². The zero-order chi connectivity index (χ0) is 24.2. The number of carbonyl (C=O) groups is 1. The van der Waals surface area contributed by atoms with Crippen LogP contribution in [0.1, 0.15) is 18.1 Å². The number of thiocarbonyl (C=S) groups is 1. The molecule has 1 fully saturated rings. The van der Waals surface area contributed by atoms with E-state index in [1.54, 1.807) is 43.5 Å². The highest BCUT2D eigenvalue weighted by Crippen LogP contribution is 2.34. The number of thioether (sulfide) groups is 1. The first-order chi connectivity index (χ1) is 16.5. The van der Waals surface area contributed by atoms with Crippen LogP contribution in [0.15, 0.2) is 52.3 Å². The van der Waals surface area contributed by atoms with Gasteiger partial charge in [0.25, 0.3) is 11.5 Å². The molecule has 10 heteroatoms. The molecule has 0 radical (unpaired) electrons. The molecule has 176 valence electrons. The Bertz CT molecular complexity index is 1350. The standard InChI is InChI=1S/C24H24N4O4S2/c1-4-25-21-16(22(29)27-11-6-5-7-20(27)26-21)14-19-23(30)28(24(33)34-19)12-10-15-8-9-17(31-2)18(13-15)32-3/h5-9,11,13-14,25H,4,10,12H2,1-3H3/b19-14-. The van der Waals surface area contributed by atoms with Gasteiger partial charge >= 0.3 is 0 Å². The largest absolute Gasteiger partial charge is 0.493 e. The number of anilines is 1. The third-order valence-corrected chi connectivity index (χ3v) is 6.71. The number of carbonyl (C=O) groups excluding carboxylic acids is 1. The number of nitrogens with zero attached hydrogens (tertiary/aromatic N) is 3. The number of fused-ring (bicyclic) bond motifs is 1. The molecule has 1 N–H and O–H groups in total. The van der Waals surface area contributed by atoms with E-state index in [0.29, 0.717) is 57.3 Å². The van der Waals surface area contributed by atoms with Crippen molar-refractivity contribution in [1.29, 1.82) is 0 Å². The van der Waals surface area contributed by atoms with Crippen molar-refractivity contribution < 1.29 is 14.3 Å². The zero-order valence-corrected chi connectivity index (χ0v) is 20.7. The van der Waals surface area contributed by atoms with Gasteiger partial charge in [-0.05, 0) is 49.2 Å². The van der Waals surface area contributed by atoms with Crippen molar-refractivity contribution in [2.45, 2.75) is 13.3 Å². The van der Waals surface area contributed by atoms with Gasteiger partial charge in [-0.15, -0.1) is 0 Å².